The molecule has 0 aliphatic heterocycles. The zero-order valence-electron chi connectivity index (χ0n) is 10.7. The van der Waals surface area contributed by atoms with Crippen molar-refractivity contribution >= 4 is 23.3 Å². The predicted molar refractivity (Wildman–Crippen MR) is 79.1 cm³/mol. The van der Waals surface area contributed by atoms with E-state index in [1.54, 1.807) is 18.7 Å². The third kappa shape index (κ3) is 3.55. The van der Waals surface area contributed by atoms with E-state index >= 15 is 0 Å². The van der Waals surface area contributed by atoms with E-state index < -0.39 is 0 Å². The number of carbonyl (C=O) groups excluding carboxylic acids is 1. The lowest BCUT2D eigenvalue weighted by atomic mass is 10.1. The summed E-state index contributed by atoms with van der Waals surface area (Å²) in [4.78, 5) is 13.7. The zero-order valence-corrected chi connectivity index (χ0v) is 11.5. The van der Waals surface area contributed by atoms with Crippen LogP contribution in [0.5, 0.6) is 0 Å². The summed E-state index contributed by atoms with van der Waals surface area (Å²) in [6.45, 7) is 1.77. The van der Waals surface area contributed by atoms with Crippen molar-refractivity contribution in [2.45, 2.75) is 23.1 Å². The first kappa shape index (κ1) is 13.6. The number of ketones is 1. The van der Waals surface area contributed by atoms with E-state index in [9.17, 15) is 4.79 Å². The van der Waals surface area contributed by atoms with Gasteiger partial charge in [-0.05, 0) is 24.3 Å². The van der Waals surface area contributed by atoms with Crippen LogP contribution >= 0.6 is 11.8 Å². The molecule has 0 amide bonds. The van der Waals surface area contributed by atoms with Gasteiger partial charge in [-0.15, -0.1) is 0 Å². The molecular formula is C16H15NOS. The molecule has 0 saturated heterocycles. The zero-order chi connectivity index (χ0) is 13.7. The maximum Gasteiger partial charge on any atom is 0.180 e. The van der Waals surface area contributed by atoms with E-state index in [1.807, 2.05) is 42.5 Å². The fourth-order valence-electron chi connectivity index (χ4n) is 1.65. The van der Waals surface area contributed by atoms with Gasteiger partial charge in [0.1, 0.15) is 5.71 Å². The van der Waals surface area contributed by atoms with Crippen molar-refractivity contribution in [3.8, 4) is 0 Å². The van der Waals surface area contributed by atoms with Gasteiger partial charge in [0.05, 0.1) is 0 Å². The van der Waals surface area contributed by atoms with Crippen molar-refractivity contribution in [1.29, 1.82) is 5.41 Å². The van der Waals surface area contributed by atoms with Gasteiger partial charge in [0.25, 0.3) is 0 Å². The molecule has 96 valence electrons. The van der Waals surface area contributed by atoms with Crippen LogP contribution in [0.4, 0.5) is 0 Å². The van der Waals surface area contributed by atoms with E-state index in [0.717, 1.165) is 4.90 Å². The Kier molecular flexibility index (Phi) is 4.53. The monoisotopic (exact) mass is 269 g/mol. The molecule has 0 bridgehead atoms. The SMILES string of the molecule is CCC(=O)C(=N)c1ccc(Sc2ccccc2)cc1. The van der Waals surface area contributed by atoms with Crippen molar-refractivity contribution in [2.24, 2.45) is 0 Å². The summed E-state index contributed by atoms with van der Waals surface area (Å²) in [5.41, 5.74) is 0.781. The summed E-state index contributed by atoms with van der Waals surface area (Å²) in [5.74, 6) is -0.122. The van der Waals surface area contributed by atoms with E-state index in [1.165, 1.54) is 4.90 Å². The molecule has 2 aromatic carbocycles. The van der Waals surface area contributed by atoms with Crippen LogP contribution in [-0.4, -0.2) is 11.5 Å². The number of carbonyl (C=O) groups is 1. The number of benzene rings is 2. The molecule has 1 N–H and O–H groups in total. The molecule has 19 heavy (non-hydrogen) atoms. The molecule has 0 saturated carbocycles. The quantitative estimate of drug-likeness (QED) is 0.827. The molecule has 0 spiro atoms. The van der Waals surface area contributed by atoms with Crippen molar-refractivity contribution in [1.82, 2.24) is 0 Å². The Bertz CT molecular complexity index is 575. The van der Waals surface area contributed by atoms with E-state index in [2.05, 4.69) is 12.1 Å². The molecule has 2 aromatic rings. The largest absolute Gasteiger partial charge is 0.297 e. The molecule has 0 atom stereocenters. The Balaban J connectivity index is 2.11. The maximum atomic E-state index is 11.5. The number of hydrogen-bond acceptors (Lipinski definition) is 3. The fraction of sp³-hybridized carbons (Fsp3) is 0.125. The second-order valence-electron chi connectivity index (χ2n) is 4.09. The lowest BCUT2D eigenvalue weighted by Crippen LogP contribution is -2.12. The summed E-state index contributed by atoms with van der Waals surface area (Å²) in [5, 5.41) is 7.77. The molecule has 0 aliphatic rings. The summed E-state index contributed by atoms with van der Waals surface area (Å²) in [6.07, 6.45) is 0.374. The fourth-order valence-corrected chi connectivity index (χ4v) is 2.49. The predicted octanol–water partition coefficient (Wildman–Crippen LogP) is 4.18. The van der Waals surface area contributed by atoms with Gasteiger partial charge in [-0.2, -0.15) is 0 Å². The smallest absolute Gasteiger partial charge is 0.180 e. The highest BCUT2D eigenvalue weighted by Crippen LogP contribution is 2.27. The third-order valence-electron chi connectivity index (χ3n) is 2.72. The second kappa shape index (κ2) is 6.34. The molecule has 3 heteroatoms. The van der Waals surface area contributed by atoms with Gasteiger partial charge >= 0.3 is 0 Å². The van der Waals surface area contributed by atoms with Gasteiger partial charge < -0.3 is 0 Å². The number of nitrogens with one attached hydrogen (secondary N) is 1. The van der Waals surface area contributed by atoms with E-state index in [-0.39, 0.29) is 11.5 Å². The number of hydrogen-bond donors (Lipinski definition) is 1. The molecule has 0 aliphatic carbocycles. The van der Waals surface area contributed by atoms with Crippen LogP contribution in [0.15, 0.2) is 64.4 Å². The van der Waals surface area contributed by atoms with Gasteiger partial charge in [0, 0.05) is 21.8 Å². The minimum Gasteiger partial charge on any atom is -0.297 e. The average molecular weight is 269 g/mol. The Hall–Kier alpha value is -1.87. The first-order chi connectivity index (χ1) is 9.20. The summed E-state index contributed by atoms with van der Waals surface area (Å²) in [7, 11) is 0. The highest BCUT2D eigenvalue weighted by atomic mass is 32.2. The van der Waals surface area contributed by atoms with Crippen LogP contribution in [0.3, 0.4) is 0 Å². The van der Waals surface area contributed by atoms with Crippen molar-refractivity contribution in [3.05, 3.63) is 60.2 Å². The Morgan fingerprint density at radius 1 is 1.00 bits per heavy atom. The molecule has 0 aromatic heterocycles. The van der Waals surface area contributed by atoms with Crippen molar-refractivity contribution < 1.29 is 4.79 Å². The summed E-state index contributed by atoms with van der Waals surface area (Å²) >= 11 is 1.67. The highest BCUT2D eigenvalue weighted by Gasteiger charge is 2.09. The van der Waals surface area contributed by atoms with Crippen LogP contribution in [0.2, 0.25) is 0 Å². The van der Waals surface area contributed by atoms with Gasteiger partial charge in [-0.1, -0.05) is 49.0 Å². The average Bonchev–Trinajstić information content (AvgIpc) is 2.47. The number of Topliss-reactive ketones (excluding diaryl/α,β-unsaturated/α-hetero) is 1. The molecule has 2 nitrogen and oxygen atoms in total. The standard InChI is InChI=1S/C16H15NOS/c1-2-15(18)16(17)12-8-10-14(11-9-12)19-13-6-4-3-5-7-13/h3-11,17H,2H2,1H3. The molecule has 0 fully saturated rings. The number of rotatable bonds is 5. The first-order valence-corrected chi connectivity index (χ1v) is 6.97. The van der Waals surface area contributed by atoms with E-state index in [4.69, 9.17) is 5.41 Å². The first-order valence-electron chi connectivity index (χ1n) is 6.16. The van der Waals surface area contributed by atoms with Crippen LogP contribution < -0.4 is 0 Å². The van der Waals surface area contributed by atoms with Gasteiger partial charge in [0.15, 0.2) is 5.78 Å². The summed E-state index contributed by atoms with van der Waals surface area (Å²) < 4.78 is 0. The van der Waals surface area contributed by atoms with Gasteiger partial charge in [-0.3, -0.25) is 10.2 Å². The van der Waals surface area contributed by atoms with Crippen molar-refractivity contribution in [2.75, 3.05) is 0 Å². The minimum absolute atomic E-state index is 0.0961. The third-order valence-corrected chi connectivity index (χ3v) is 3.74. The lowest BCUT2D eigenvalue weighted by Gasteiger charge is -2.04. The maximum absolute atomic E-state index is 11.5. The van der Waals surface area contributed by atoms with Crippen LogP contribution in [0.25, 0.3) is 0 Å². The Morgan fingerprint density at radius 3 is 2.16 bits per heavy atom. The second-order valence-corrected chi connectivity index (χ2v) is 5.24. The van der Waals surface area contributed by atoms with Crippen LogP contribution in [0.1, 0.15) is 18.9 Å². The lowest BCUT2D eigenvalue weighted by molar-refractivity contribution is -0.112. The molecular weight excluding hydrogens is 254 g/mol. The molecule has 2 rings (SSSR count). The minimum atomic E-state index is -0.122. The molecule has 0 radical (unpaired) electrons. The van der Waals surface area contributed by atoms with Crippen LogP contribution in [-0.2, 0) is 4.79 Å². The molecule has 0 unspecified atom stereocenters. The molecule has 0 heterocycles. The Labute approximate surface area is 117 Å². The van der Waals surface area contributed by atoms with Crippen molar-refractivity contribution in [3.63, 3.8) is 0 Å². The van der Waals surface area contributed by atoms with Gasteiger partial charge in [0.2, 0.25) is 0 Å². The summed E-state index contributed by atoms with van der Waals surface area (Å²) in [6, 6.07) is 17.7. The van der Waals surface area contributed by atoms with Gasteiger partial charge in [-0.25, -0.2) is 0 Å². The van der Waals surface area contributed by atoms with Crippen LogP contribution in [0, 0.1) is 5.41 Å². The topological polar surface area (TPSA) is 40.9 Å². The highest BCUT2D eigenvalue weighted by molar-refractivity contribution is 7.99. The normalized spacial score (nSPS) is 10.2. The van der Waals surface area contributed by atoms with E-state index in [0.29, 0.717) is 12.0 Å². The Morgan fingerprint density at radius 2 is 1.58 bits per heavy atom.